The van der Waals surface area contributed by atoms with E-state index in [-0.39, 0.29) is 0 Å². The second kappa shape index (κ2) is 3.32. The number of nitrogens with one attached hydrogen (secondary N) is 1. The summed E-state index contributed by atoms with van der Waals surface area (Å²) < 4.78 is 0. The maximum Gasteiger partial charge on any atom is 0.0417 e. The molecular weight excluding hydrogens is 124 g/mol. The van der Waals surface area contributed by atoms with Crippen LogP contribution in [0, 0.1) is 6.92 Å². The zero-order valence-corrected chi connectivity index (χ0v) is 6.39. The number of nitrogens with zero attached hydrogens (tertiary/aromatic N) is 1. The first kappa shape index (κ1) is 7.22. The molecule has 1 N–H and O–H groups in total. The number of aryl methyl sites for hydroxylation is 1. The molecule has 0 spiro atoms. The molecular formula is C8H12N2. The van der Waals surface area contributed by atoms with E-state index in [0.29, 0.717) is 0 Å². The van der Waals surface area contributed by atoms with E-state index in [0.717, 1.165) is 12.2 Å². The minimum absolute atomic E-state index is 0.902. The molecule has 0 amide bonds. The summed E-state index contributed by atoms with van der Waals surface area (Å²) in [7, 11) is 1.94. The molecule has 0 radical (unpaired) electrons. The van der Waals surface area contributed by atoms with E-state index in [1.165, 1.54) is 5.56 Å². The van der Waals surface area contributed by atoms with Gasteiger partial charge in [0.05, 0.1) is 0 Å². The van der Waals surface area contributed by atoms with Gasteiger partial charge in [0.1, 0.15) is 0 Å². The molecule has 1 rings (SSSR count). The summed E-state index contributed by atoms with van der Waals surface area (Å²) in [6.07, 6.45) is 1.81. The predicted octanol–water partition coefficient (Wildman–Crippen LogP) is 1.11. The van der Waals surface area contributed by atoms with E-state index in [1.54, 1.807) is 0 Å². The van der Waals surface area contributed by atoms with Gasteiger partial charge in [-0.05, 0) is 25.6 Å². The van der Waals surface area contributed by atoms with Crippen molar-refractivity contribution in [3.63, 3.8) is 0 Å². The van der Waals surface area contributed by atoms with Gasteiger partial charge in [0, 0.05) is 18.4 Å². The molecule has 0 aliphatic carbocycles. The lowest BCUT2D eigenvalue weighted by molar-refractivity contribution is 0.804. The Kier molecular flexibility index (Phi) is 2.40. The fraction of sp³-hybridized carbons (Fsp3) is 0.375. The van der Waals surface area contributed by atoms with Crippen molar-refractivity contribution >= 4 is 0 Å². The molecule has 0 unspecified atom stereocenters. The van der Waals surface area contributed by atoms with Gasteiger partial charge in [0.2, 0.25) is 0 Å². The Labute approximate surface area is 61.3 Å². The molecule has 1 aromatic heterocycles. The summed E-state index contributed by atoms with van der Waals surface area (Å²) in [5.41, 5.74) is 2.38. The number of hydrogen-bond acceptors (Lipinski definition) is 2. The molecule has 0 aromatic carbocycles. The first-order chi connectivity index (χ1) is 4.84. The third-order valence-corrected chi connectivity index (χ3v) is 1.48. The quantitative estimate of drug-likeness (QED) is 0.658. The molecule has 0 aliphatic rings. The fourth-order valence-corrected chi connectivity index (χ4v) is 0.895. The van der Waals surface area contributed by atoms with Gasteiger partial charge in [-0.25, -0.2) is 0 Å². The minimum Gasteiger partial charge on any atom is -0.316 e. The Morgan fingerprint density at radius 3 is 3.00 bits per heavy atom. The normalized spacial score (nSPS) is 9.80. The van der Waals surface area contributed by atoms with Crippen LogP contribution in [0.1, 0.15) is 11.3 Å². The highest BCUT2D eigenvalue weighted by molar-refractivity contribution is 5.17. The first-order valence-corrected chi connectivity index (χ1v) is 3.39. The molecule has 1 aromatic rings. The van der Waals surface area contributed by atoms with Gasteiger partial charge < -0.3 is 5.32 Å². The molecule has 10 heavy (non-hydrogen) atoms. The molecule has 0 aliphatic heterocycles. The van der Waals surface area contributed by atoms with Crippen molar-refractivity contribution in [1.82, 2.24) is 10.3 Å². The predicted molar refractivity (Wildman–Crippen MR) is 41.7 cm³/mol. The van der Waals surface area contributed by atoms with Crippen LogP contribution >= 0.6 is 0 Å². The molecule has 1 heterocycles. The highest BCUT2D eigenvalue weighted by Gasteiger charge is 1.93. The van der Waals surface area contributed by atoms with Gasteiger partial charge in [-0.15, -0.1) is 0 Å². The zero-order valence-electron chi connectivity index (χ0n) is 6.39. The van der Waals surface area contributed by atoms with Crippen LogP contribution in [0.15, 0.2) is 18.3 Å². The molecule has 0 saturated carbocycles. The van der Waals surface area contributed by atoms with E-state index in [4.69, 9.17) is 0 Å². The SMILES string of the molecule is CNCc1cccnc1C. The third kappa shape index (κ3) is 1.54. The van der Waals surface area contributed by atoms with Crippen LogP contribution in [-0.2, 0) is 6.54 Å². The van der Waals surface area contributed by atoms with Gasteiger partial charge in [-0.1, -0.05) is 6.07 Å². The van der Waals surface area contributed by atoms with E-state index in [2.05, 4.69) is 16.4 Å². The molecule has 0 fully saturated rings. The lowest BCUT2D eigenvalue weighted by Gasteiger charge is -2.01. The Morgan fingerprint density at radius 1 is 1.60 bits per heavy atom. The van der Waals surface area contributed by atoms with Crippen LogP contribution in [0.3, 0.4) is 0 Å². The molecule has 0 saturated heterocycles. The second-order valence-electron chi connectivity index (χ2n) is 2.28. The Bertz CT molecular complexity index is 208. The lowest BCUT2D eigenvalue weighted by atomic mass is 10.2. The lowest BCUT2D eigenvalue weighted by Crippen LogP contribution is -2.06. The number of hydrogen-bond donors (Lipinski definition) is 1. The monoisotopic (exact) mass is 136 g/mol. The van der Waals surface area contributed by atoms with Crippen molar-refractivity contribution in [2.24, 2.45) is 0 Å². The average molecular weight is 136 g/mol. The summed E-state index contributed by atoms with van der Waals surface area (Å²) >= 11 is 0. The van der Waals surface area contributed by atoms with Gasteiger partial charge in [0.15, 0.2) is 0 Å². The van der Waals surface area contributed by atoms with Crippen molar-refractivity contribution in [2.75, 3.05) is 7.05 Å². The average Bonchev–Trinajstić information content (AvgIpc) is 1.94. The Balaban J connectivity index is 2.81. The summed E-state index contributed by atoms with van der Waals surface area (Å²) in [5, 5.41) is 3.08. The van der Waals surface area contributed by atoms with Crippen LogP contribution < -0.4 is 5.32 Å². The molecule has 0 atom stereocenters. The van der Waals surface area contributed by atoms with Crippen LogP contribution in [0.5, 0.6) is 0 Å². The first-order valence-electron chi connectivity index (χ1n) is 3.39. The second-order valence-corrected chi connectivity index (χ2v) is 2.28. The third-order valence-electron chi connectivity index (χ3n) is 1.48. The molecule has 54 valence electrons. The summed E-state index contributed by atoms with van der Waals surface area (Å²) in [6.45, 7) is 2.92. The highest BCUT2D eigenvalue weighted by Crippen LogP contribution is 2.01. The maximum atomic E-state index is 4.16. The van der Waals surface area contributed by atoms with E-state index in [9.17, 15) is 0 Å². The van der Waals surface area contributed by atoms with Crippen molar-refractivity contribution < 1.29 is 0 Å². The number of aromatic nitrogens is 1. The molecule has 0 bridgehead atoms. The van der Waals surface area contributed by atoms with Gasteiger partial charge in [-0.3, -0.25) is 4.98 Å². The fourth-order valence-electron chi connectivity index (χ4n) is 0.895. The smallest absolute Gasteiger partial charge is 0.0417 e. The Morgan fingerprint density at radius 2 is 2.40 bits per heavy atom. The van der Waals surface area contributed by atoms with Crippen molar-refractivity contribution in [3.05, 3.63) is 29.6 Å². The summed E-state index contributed by atoms with van der Waals surface area (Å²) in [5.74, 6) is 0. The summed E-state index contributed by atoms with van der Waals surface area (Å²) in [6, 6.07) is 4.04. The van der Waals surface area contributed by atoms with Crippen LogP contribution in [0.2, 0.25) is 0 Å². The van der Waals surface area contributed by atoms with Gasteiger partial charge in [0.25, 0.3) is 0 Å². The number of pyridine rings is 1. The van der Waals surface area contributed by atoms with Crippen molar-refractivity contribution in [1.29, 1.82) is 0 Å². The van der Waals surface area contributed by atoms with E-state index < -0.39 is 0 Å². The van der Waals surface area contributed by atoms with Gasteiger partial charge >= 0.3 is 0 Å². The van der Waals surface area contributed by atoms with Crippen molar-refractivity contribution in [3.8, 4) is 0 Å². The minimum atomic E-state index is 0.902. The van der Waals surface area contributed by atoms with E-state index in [1.807, 2.05) is 26.2 Å². The van der Waals surface area contributed by atoms with Crippen LogP contribution in [-0.4, -0.2) is 12.0 Å². The molecule has 2 nitrogen and oxygen atoms in total. The number of rotatable bonds is 2. The highest BCUT2D eigenvalue weighted by atomic mass is 14.8. The molecule has 2 heteroatoms. The van der Waals surface area contributed by atoms with Crippen molar-refractivity contribution in [2.45, 2.75) is 13.5 Å². The van der Waals surface area contributed by atoms with E-state index >= 15 is 0 Å². The standard InChI is InChI=1S/C8H12N2/c1-7-8(6-9-2)4-3-5-10-7/h3-5,9H,6H2,1-2H3. The summed E-state index contributed by atoms with van der Waals surface area (Å²) in [4.78, 5) is 4.16. The maximum absolute atomic E-state index is 4.16. The van der Waals surface area contributed by atoms with Crippen LogP contribution in [0.4, 0.5) is 0 Å². The Hall–Kier alpha value is -0.890. The largest absolute Gasteiger partial charge is 0.316 e. The van der Waals surface area contributed by atoms with Gasteiger partial charge in [-0.2, -0.15) is 0 Å². The topological polar surface area (TPSA) is 24.9 Å². The van der Waals surface area contributed by atoms with Crippen LogP contribution in [0.25, 0.3) is 0 Å². The zero-order chi connectivity index (χ0) is 7.40.